The zero-order valence-electron chi connectivity index (χ0n) is 6.94. The highest BCUT2D eigenvalue weighted by Gasteiger charge is 2.07. The highest BCUT2D eigenvalue weighted by Crippen LogP contribution is 2.10. The summed E-state index contributed by atoms with van der Waals surface area (Å²) in [4.78, 5) is 10.4. The van der Waals surface area contributed by atoms with Gasteiger partial charge in [0.15, 0.2) is 5.01 Å². The minimum Gasteiger partial charge on any atom is -0.434 e. The third-order valence-electron chi connectivity index (χ3n) is 1.48. The topological polar surface area (TPSA) is 52.3 Å². The van der Waals surface area contributed by atoms with Crippen LogP contribution in [0.2, 0.25) is 0 Å². The van der Waals surface area contributed by atoms with E-state index >= 15 is 0 Å². The summed E-state index contributed by atoms with van der Waals surface area (Å²) in [6, 6.07) is 9.71. The molecule has 1 aromatic carbocycles. The molecule has 13 heavy (non-hydrogen) atoms. The van der Waals surface area contributed by atoms with Crippen molar-refractivity contribution >= 4 is 22.0 Å². The van der Waals surface area contributed by atoms with Crippen LogP contribution in [0.5, 0.6) is 0 Å². The second kappa shape index (κ2) is 4.87. The number of ether oxygens (including phenoxy) is 1. The minimum absolute atomic E-state index is 0.354. The Balaban J connectivity index is 2.45. The monoisotopic (exact) mass is 243 g/mol. The second-order valence-corrected chi connectivity index (χ2v) is 3.56. The van der Waals surface area contributed by atoms with Gasteiger partial charge in [-0.1, -0.05) is 30.3 Å². The highest BCUT2D eigenvalue weighted by atomic mass is 79.9. The second-order valence-electron chi connectivity index (χ2n) is 2.54. The number of halogens is 1. The lowest BCUT2D eigenvalue weighted by Crippen LogP contribution is -2.19. The van der Waals surface area contributed by atoms with Gasteiger partial charge in [0, 0.05) is 6.42 Å². The van der Waals surface area contributed by atoms with Crippen molar-refractivity contribution in [3.05, 3.63) is 35.9 Å². The van der Waals surface area contributed by atoms with Crippen LogP contribution in [-0.2, 0) is 11.2 Å². The van der Waals surface area contributed by atoms with Gasteiger partial charge in [-0.3, -0.25) is 0 Å². The molecule has 0 spiro atoms. The lowest BCUT2D eigenvalue weighted by Gasteiger charge is -2.08. The summed E-state index contributed by atoms with van der Waals surface area (Å²) in [5.74, 6) is 0. The first-order chi connectivity index (χ1) is 6.18. The van der Waals surface area contributed by atoms with Gasteiger partial charge < -0.3 is 10.5 Å². The Morgan fingerprint density at radius 2 is 2.08 bits per heavy atom. The van der Waals surface area contributed by atoms with Crippen LogP contribution in [0, 0.1) is 0 Å². The standard InChI is InChI=1S/C9H10BrNO2/c10-8(13-9(11)12)6-7-4-2-1-3-5-7/h1-5,8H,6H2,(H2,11,12). The number of carbonyl (C=O) groups excluding carboxylic acids is 1. The normalized spacial score (nSPS) is 12.1. The number of benzene rings is 1. The van der Waals surface area contributed by atoms with Crippen molar-refractivity contribution in [2.45, 2.75) is 11.4 Å². The van der Waals surface area contributed by atoms with Gasteiger partial charge in [0.1, 0.15) is 0 Å². The van der Waals surface area contributed by atoms with Gasteiger partial charge in [0.2, 0.25) is 0 Å². The van der Waals surface area contributed by atoms with Crippen LogP contribution in [-0.4, -0.2) is 11.1 Å². The molecule has 1 rings (SSSR count). The van der Waals surface area contributed by atoms with E-state index in [0.29, 0.717) is 6.42 Å². The molecule has 1 aromatic rings. The lowest BCUT2D eigenvalue weighted by molar-refractivity contribution is 0.148. The molecule has 0 aromatic heterocycles. The molecule has 1 unspecified atom stereocenters. The summed E-state index contributed by atoms with van der Waals surface area (Å²) in [5, 5.41) is -0.354. The molecule has 0 aliphatic heterocycles. The molecule has 0 radical (unpaired) electrons. The highest BCUT2D eigenvalue weighted by molar-refractivity contribution is 9.09. The number of carbonyl (C=O) groups is 1. The zero-order valence-corrected chi connectivity index (χ0v) is 8.53. The zero-order chi connectivity index (χ0) is 9.68. The van der Waals surface area contributed by atoms with Crippen molar-refractivity contribution in [2.75, 3.05) is 0 Å². The fraction of sp³-hybridized carbons (Fsp3) is 0.222. The molecule has 0 heterocycles. The number of amides is 1. The number of hydrogen-bond acceptors (Lipinski definition) is 2. The summed E-state index contributed by atoms with van der Waals surface area (Å²) in [6.07, 6.45) is -0.151. The van der Waals surface area contributed by atoms with Crippen LogP contribution in [0.25, 0.3) is 0 Å². The van der Waals surface area contributed by atoms with Gasteiger partial charge in [-0.15, -0.1) is 0 Å². The fourth-order valence-corrected chi connectivity index (χ4v) is 1.53. The Labute approximate surface area is 85.0 Å². The summed E-state index contributed by atoms with van der Waals surface area (Å²) < 4.78 is 4.71. The molecular weight excluding hydrogens is 234 g/mol. The minimum atomic E-state index is -0.766. The van der Waals surface area contributed by atoms with E-state index in [4.69, 9.17) is 10.5 Å². The number of alkyl halides is 1. The smallest absolute Gasteiger partial charge is 0.405 e. The van der Waals surface area contributed by atoms with E-state index < -0.39 is 6.09 Å². The molecular formula is C9H10BrNO2. The third kappa shape index (κ3) is 3.94. The van der Waals surface area contributed by atoms with E-state index in [9.17, 15) is 4.79 Å². The van der Waals surface area contributed by atoms with E-state index in [1.54, 1.807) is 0 Å². The predicted octanol–water partition coefficient (Wildman–Crippen LogP) is 2.05. The van der Waals surface area contributed by atoms with Crippen LogP contribution in [0.15, 0.2) is 30.3 Å². The Morgan fingerprint density at radius 1 is 1.46 bits per heavy atom. The van der Waals surface area contributed by atoms with Crippen LogP contribution < -0.4 is 5.73 Å². The first kappa shape index (κ1) is 10.1. The van der Waals surface area contributed by atoms with Gasteiger partial charge in [0.25, 0.3) is 0 Å². The largest absolute Gasteiger partial charge is 0.434 e. The van der Waals surface area contributed by atoms with Gasteiger partial charge in [-0.25, -0.2) is 4.79 Å². The summed E-state index contributed by atoms with van der Waals surface area (Å²) >= 11 is 3.19. The Morgan fingerprint density at radius 3 is 2.62 bits per heavy atom. The van der Waals surface area contributed by atoms with Crippen molar-refractivity contribution in [1.82, 2.24) is 0 Å². The maximum absolute atomic E-state index is 10.4. The van der Waals surface area contributed by atoms with Crippen molar-refractivity contribution in [3.8, 4) is 0 Å². The lowest BCUT2D eigenvalue weighted by atomic mass is 10.2. The van der Waals surface area contributed by atoms with Crippen molar-refractivity contribution < 1.29 is 9.53 Å². The molecule has 4 heteroatoms. The Bertz CT molecular complexity index is 276. The molecule has 70 valence electrons. The first-order valence-corrected chi connectivity index (χ1v) is 4.74. The average Bonchev–Trinajstić information content (AvgIpc) is 2.04. The van der Waals surface area contributed by atoms with Crippen LogP contribution >= 0.6 is 15.9 Å². The van der Waals surface area contributed by atoms with E-state index in [0.717, 1.165) is 5.56 Å². The van der Waals surface area contributed by atoms with Crippen LogP contribution in [0.1, 0.15) is 5.56 Å². The van der Waals surface area contributed by atoms with Crippen molar-refractivity contribution in [1.29, 1.82) is 0 Å². The molecule has 0 bridgehead atoms. The SMILES string of the molecule is NC(=O)OC(Br)Cc1ccccc1. The van der Waals surface area contributed by atoms with Gasteiger partial charge in [0.05, 0.1) is 0 Å². The average molecular weight is 244 g/mol. The summed E-state index contributed by atoms with van der Waals surface area (Å²) in [7, 11) is 0. The van der Waals surface area contributed by atoms with Crippen molar-refractivity contribution in [3.63, 3.8) is 0 Å². The number of hydrogen-bond donors (Lipinski definition) is 1. The molecule has 2 N–H and O–H groups in total. The Hall–Kier alpha value is -1.03. The Kier molecular flexibility index (Phi) is 3.76. The quantitative estimate of drug-likeness (QED) is 0.827. The first-order valence-electron chi connectivity index (χ1n) is 3.82. The van der Waals surface area contributed by atoms with Gasteiger partial charge in [-0.2, -0.15) is 0 Å². The number of rotatable bonds is 3. The molecule has 3 nitrogen and oxygen atoms in total. The fourth-order valence-electron chi connectivity index (χ4n) is 0.967. The van der Waals surface area contributed by atoms with Gasteiger partial charge >= 0.3 is 6.09 Å². The molecule has 1 atom stereocenters. The van der Waals surface area contributed by atoms with E-state index in [1.807, 2.05) is 30.3 Å². The molecule has 0 fully saturated rings. The van der Waals surface area contributed by atoms with E-state index in [-0.39, 0.29) is 5.01 Å². The molecule has 0 aliphatic rings. The van der Waals surface area contributed by atoms with E-state index in [2.05, 4.69) is 15.9 Å². The molecule has 0 saturated carbocycles. The maximum Gasteiger partial charge on any atom is 0.405 e. The maximum atomic E-state index is 10.4. The summed E-state index contributed by atoms with van der Waals surface area (Å²) in [6.45, 7) is 0. The predicted molar refractivity (Wildman–Crippen MR) is 53.5 cm³/mol. The molecule has 0 aliphatic carbocycles. The summed E-state index contributed by atoms with van der Waals surface area (Å²) in [5.41, 5.74) is 5.94. The van der Waals surface area contributed by atoms with Crippen LogP contribution in [0.4, 0.5) is 4.79 Å². The number of primary amides is 1. The van der Waals surface area contributed by atoms with Crippen molar-refractivity contribution in [2.24, 2.45) is 5.73 Å². The molecule has 0 saturated heterocycles. The van der Waals surface area contributed by atoms with E-state index in [1.165, 1.54) is 0 Å². The van der Waals surface area contributed by atoms with Crippen LogP contribution in [0.3, 0.4) is 0 Å². The third-order valence-corrected chi connectivity index (χ3v) is 1.99. The molecule has 1 amide bonds. The van der Waals surface area contributed by atoms with Gasteiger partial charge in [-0.05, 0) is 21.5 Å². The number of nitrogens with two attached hydrogens (primary N) is 1.